The molecule has 2 atom stereocenters. The highest BCUT2D eigenvalue weighted by molar-refractivity contribution is 4.88. The Balaban J connectivity index is 1.86. The highest BCUT2D eigenvalue weighted by atomic mass is 16.3. The molecule has 1 heterocycles. The largest absolute Gasteiger partial charge is 0.396 e. The minimum absolute atomic E-state index is 0.200. The Bertz CT molecular complexity index is 251. The molecule has 1 N–H and O–H groups in total. The van der Waals surface area contributed by atoms with Gasteiger partial charge in [0.2, 0.25) is 0 Å². The molecule has 2 fully saturated rings. The maximum Gasteiger partial charge on any atom is 0.0499 e. The van der Waals surface area contributed by atoms with Gasteiger partial charge < -0.3 is 14.9 Å². The Hall–Kier alpha value is -0.120. The third-order valence-electron chi connectivity index (χ3n) is 4.99. The second-order valence-electron chi connectivity index (χ2n) is 6.57. The molecular formula is C15H30N2O. The van der Waals surface area contributed by atoms with Gasteiger partial charge in [0.05, 0.1) is 0 Å². The summed E-state index contributed by atoms with van der Waals surface area (Å²) in [6.07, 6.45) is 5.10. The van der Waals surface area contributed by atoms with Crippen LogP contribution in [-0.4, -0.2) is 60.8 Å². The zero-order chi connectivity index (χ0) is 13.0. The van der Waals surface area contributed by atoms with Gasteiger partial charge in [0.15, 0.2) is 0 Å². The first-order chi connectivity index (χ1) is 8.67. The number of piperazine rings is 1. The van der Waals surface area contributed by atoms with E-state index in [4.69, 9.17) is 0 Å². The summed E-state index contributed by atoms with van der Waals surface area (Å²) in [5.41, 5.74) is 0.200. The standard InChI is InChI=1S/C15H30N2O/c1-3-16-7-9-17(10-8-16)12-15(13-18)6-4-5-14(2)11-15/h14,18H,3-13H2,1-2H3. The van der Waals surface area contributed by atoms with Gasteiger partial charge in [-0.25, -0.2) is 0 Å². The summed E-state index contributed by atoms with van der Waals surface area (Å²) < 4.78 is 0. The summed E-state index contributed by atoms with van der Waals surface area (Å²) in [7, 11) is 0. The molecule has 1 saturated carbocycles. The molecule has 0 aromatic carbocycles. The van der Waals surface area contributed by atoms with Crippen molar-refractivity contribution in [2.75, 3.05) is 45.9 Å². The van der Waals surface area contributed by atoms with Gasteiger partial charge in [-0.05, 0) is 25.3 Å². The molecule has 2 unspecified atom stereocenters. The molecule has 1 saturated heterocycles. The van der Waals surface area contributed by atoms with Gasteiger partial charge in [-0.1, -0.05) is 26.7 Å². The molecule has 1 aliphatic heterocycles. The number of likely N-dealkylation sites (N-methyl/N-ethyl adjacent to an activating group) is 1. The molecule has 0 spiro atoms. The molecule has 2 aliphatic rings. The summed E-state index contributed by atoms with van der Waals surface area (Å²) in [4.78, 5) is 5.10. The van der Waals surface area contributed by atoms with Crippen molar-refractivity contribution in [3.05, 3.63) is 0 Å². The van der Waals surface area contributed by atoms with Gasteiger partial charge in [0.1, 0.15) is 0 Å². The van der Waals surface area contributed by atoms with Crippen molar-refractivity contribution in [1.82, 2.24) is 9.80 Å². The average molecular weight is 254 g/mol. The molecule has 3 heteroatoms. The second-order valence-corrected chi connectivity index (χ2v) is 6.57. The van der Waals surface area contributed by atoms with Gasteiger partial charge in [0.25, 0.3) is 0 Å². The lowest BCUT2D eigenvalue weighted by atomic mass is 9.70. The van der Waals surface area contributed by atoms with Crippen molar-refractivity contribution in [2.45, 2.75) is 39.5 Å². The number of rotatable bonds is 4. The van der Waals surface area contributed by atoms with Crippen LogP contribution < -0.4 is 0 Å². The van der Waals surface area contributed by atoms with Crippen molar-refractivity contribution in [1.29, 1.82) is 0 Å². The summed E-state index contributed by atoms with van der Waals surface area (Å²) in [6, 6.07) is 0. The first kappa shape index (κ1) is 14.3. The van der Waals surface area contributed by atoms with Crippen molar-refractivity contribution < 1.29 is 5.11 Å². The van der Waals surface area contributed by atoms with E-state index in [1.807, 2.05) is 0 Å². The highest BCUT2D eigenvalue weighted by Crippen LogP contribution is 2.39. The molecule has 106 valence electrons. The fourth-order valence-electron chi connectivity index (χ4n) is 3.84. The Morgan fingerprint density at radius 1 is 1.17 bits per heavy atom. The molecule has 0 aromatic heterocycles. The lowest BCUT2D eigenvalue weighted by molar-refractivity contribution is 0.00922. The predicted molar refractivity (Wildman–Crippen MR) is 75.7 cm³/mol. The van der Waals surface area contributed by atoms with Gasteiger partial charge in [0, 0.05) is 44.7 Å². The zero-order valence-corrected chi connectivity index (χ0v) is 12.2. The Labute approximate surface area is 112 Å². The van der Waals surface area contributed by atoms with Crippen molar-refractivity contribution in [3.8, 4) is 0 Å². The maximum absolute atomic E-state index is 9.85. The van der Waals surface area contributed by atoms with E-state index in [9.17, 15) is 5.11 Å². The topological polar surface area (TPSA) is 26.7 Å². The van der Waals surface area contributed by atoms with Gasteiger partial charge >= 0.3 is 0 Å². The van der Waals surface area contributed by atoms with Crippen LogP contribution in [-0.2, 0) is 0 Å². The predicted octanol–water partition coefficient (Wildman–Crippen LogP) is 1.81. The molecular weight excluding hydrogens is 224 g/mol. The summed E-state index contributed by atoms with van der Waals surface area (Å²) in [6.45, 7) is 12.0. The number of nitrogens with zero attached hydrogens (tertiary/aromatic N) is 2. The van der Waals surface area contributed by atoms with E-state index < -0.39 is 0 Å². The third kappa shape index (κ3) is 3.46. The monoisotopic (exact) mass is 254 g/mol. The Morgan fingerprint density at radius 2 is 1.83 bits per heavy atom. The lowest BCUT2D eigenvalue weighted by Crippen LogP contribution is -2.51. The number of hydrogen-bond donors (Lipinski definition) is 1. The molecule has 3 nitrogen and oxygen atoms in total. The third-order valence-corrected chi connectivity index (χ3v) is 4.99. The zero-order valence-electron chi connectivity index (χ0n) is 12.2. The maximum atomic E-state index is 9.85. The molecule has 0 amide bonds. The minimum atomic E-state index is 0.200. The molecule has 0 bridgehead atoms. The Kier molecular flexibility index (Phi) is 5.05. The second kappa shape index (κ2) is 6.36. The fraction of sp³-hybridized carbons (Fsp3) is 1.00. The molecule has 18 heavy (non-hydrogen) atoms. The normalized spacial score (nSPS) is 35.8. The Morgan fingerprint density at radius 3 is 2.39 bits per heavy atom. The molecule has 0 aromatic rings. The van der Waals surface area contributed by atoms with E-state index in [-0.39, 0.29) is 5.41 Å². The molecule has 0 radical (unpaired) electrons. The number of hydrogen-bond acceptors (Lipinski definition) is 3. The van der Waals surface area contributed by atoms with Crippen LogP contribution in [0.5, 0.6) is 0 Å². The van der Waals surface area contributed by atoms with E-state index in [2.05, 4.69) is 23.6 Å². The van der Waals surface area contributed by atoms with Crippen LogP contribution in [0.3, 0.4) is 0 Å². The van der Waals surface area contributed by atoms with E-state index in [0.717, 1.165) is 12.5 Å². The summed E-state index contributed by atoms with van der Waals surface area (Å²) in [5, 5.41) is 9.85. The smallest absolute Gasteiger partial charge is 0.0499 e. The average Bonchev–Trinajstić information content (AvgIpc) is 2.39. The SMILES string of the molecule is CCN1CCN(CC2(CO)CCCC(C)C2)CC1. The van der Waals surface area contributed by atoms with Crippen LogP contribution in [0, 0.1) is 11.3 Å². The first-order valence-corrected chi connectivity index (χ1v) is 7.73. The lowest BCUT2D eigenvalue weighted by Gasteiger charge is -2.44. The van der Waals surface area contributed by atoms with Crippen molar-refractivity contribution >= 4 is 0 Å². The summed E-state index contributed by atoms with van der Waals surface area (Å²) in [5.74, 6) is 0.794. The van der Waals surface area contributed by atoms with Crippen LogP contribution in [0.4, 0.5) is 0 Å². The van der Waals surface area contributed by atoms with Crippen molar-refractivity contribution in [3.63, 3.8) is 0 Å². The van der Waals surface area contributed by atoms with Crippen LogP contribution >= 0.6 is 0 Å². The van der Waals surface area contributed by atoms with Crippen molar-refractivity contribution in [2.24, 2.45) is 11.3 Å². The van der Waals surface area contributed by atoms with Gasteiger partial charge in [-0.3, -0.25) is 0 Å². The first-order valence-electron chi connectivity index (χ1n) is 7.73. The minimum Gasteiger partial charge on any atom is -0.396 e. The van der Waals surface area contributed by atoms with Crippen LogP contribution in [0.2, 0.25) is 0 Å². The number of aliphatic hydroxyl groups is 1. The summed E-state index contributed by atoms with van der Waals surface area (Å²) >= 11 is 0. The van der Waals surface area contributed by atoms with E-state index in [0.29, 0.717) is 6.61 Å². The van der Waals surface area contributed by atoms with Crippen LogP contribution in [0.15, 0.2) is 0 Å². The quantitative estimate of drug-likeness (QED) is 0.829. The van der Waals surface area contributed by atoms with Gasteiger partial charge in [-0.2, -0.15) is 0 Å². The molecule has 1 aliphatic carbocycles. The van der Waals surface area contributed by atoms with E-state index >= 15 is 0 Å². The van der Waals surface area contributed by atoms with E-state index in [1.165, 1.54) is 58.4 Å². The highest BCUT2D eigenvalue weighted by Gasteiger charge is 2.36. The number of aliphatic hydroxyl groups excluding tert-OH is 1. The van der Waals surface area contributed by atoms with Gasteiger partial charge in [-0.15, -0.1) is 0 Å². The van der Waals surface area contributed by atoms with Crippen LogP contribution in [0.1, 0.15) is 39.5 Å². The van der Waals surface area contributed by atoms with Crippen LogP contribution in [0.25, 0.3) is 0 Å². The van der Waals surface area contributed by atoms with E-state index in [1.54, 1.807) is 0 Å². The molecule has 2 rings (SSSR count). The fourth-order valence-corrected chi connectivity index (χ4v) is 3.84.